The number of nitrogens with two attached hydrogens (primary N) is 1. The van der Waals surface area contributed by atoms with Crippen LogP contribution in [-0.2, 0) is 14.8 Å². The summed E-state index contributed by atoms with van der Waals surface area (Å²) in [6.45, 7) is -2.63. The Kier molecular flexibility index (Phi) is 7.06. The lowest BCUT2D eigenvalue weighted by atomic mass is 9.84. The molecule has 0 radical (unpaired) electrons. The maximum absolute atomic E-state index is 13.4. The van der Waals surface area contributed by atoms with Gasteiger partial charge in [0.15, 0.2) is 0 Å². The summed E-state index contributed by atoms with van der Waals surface area (Å²) < 4.78 is 78.2. The zero-order valence-electron chi connectivity index (χ0n) is 16.7. The van der Waals surface area contributed by atoms with E-state index in [0.29, 0.717) is 0 Å². The fourth-order valence-corrected chi connectivity index (χ4v) is 4.96. The smallest absolute Gasteiger partial charge is 0.282 e. The van der Waals surface area contributed by atoms with Gasteiger partial charge in [-0.3, -0.25) is 4.79 Å². The molecule has 3 rings (SSSR count). The van der Waals surface area contributed by atoms with Crippen LogP contribution in [0.25, 0.3) is 0 Å². The molecule has 13 heteroatoms. The van der Waals surface area contributed by atoms with E-state index in [-0.39, 0.29) is 17.4 Å². The molecule has 1 aromatic heterocycles. The normalized spacial score (nSPS) is 20.4. The highest BCUT2D eigenvalue weighted by Crippen LogP contribution is 2.36. The van der Waals surface area contributed by atoms with Crippen molar-refractivity contribution >= 4 is 27.4 Å². The average Bonchev–Trinajstić information content (AvgIpc) is 2.70. The molecular weight excluding hydrogens is 442 g/mol. The summed E-state index contributed by atoms with van der Waals surface area (Å²) in [5, 5.41) is 2.51. The molecule has 4 N–H and O–H groups in total. The van der Waals surface area contributed by atoms with E-state index < -0.39 is 58.9 Å². The lowest BCUT2D eigenvalue weighted by molar-refractivity contribution is -0.118. The average molecular weight is 467 g/mol. The third kappa shape index (κ3) is 5.83. The second kappa shape index (κ2) is 9.25. The first-order chi connectivity index (χ1) is 14.5. The van der Waals surface area contributed by atoms with E-state index in [0.717, 1.165) is 49.3 Å². The number of nitrogens with zero attached hydrogens (tertiary/aromatic N) is 2. The summed E-state index contributed by atoms with van der Waals surface area (Å²) in [6, 6.07) is 0.354. The molecule has 1 aromatic rings. The number of anilines is 2. The Morgan fingerprint density at radius 1 is 1.26 bits per heavy atom. The molecule has 8 nitrogen and oxygen atoms in total. The molecule has 0 bridgehead atoms. The molecule has 0 aromatic carbocycles. The van der Waals surface area contributed by atoms with Crippen LogP contribution in [0.4, 0.5) is 29.1 Å². The van der Waals surface area contributed by atoms with Gasteiger partial charge in [0.05, 0.1) is 37.6 Å². The zero-order chi connectivity index (χ0) is 22.8. The topological polar surface area (TPSA) is 117 Å². The SMILES string of the molecule is N[C@H](C(=O)Nc1cc(N2CC(F)(F)C2)c(S(=O)(=O)NCC(F)F)cn1)C1CCCCC1. The molecule has 2 heterocycles. The summed E-state index contributed by atoms with van der Waals surface area (Å²) in [6.07, 6.45) is 2.61. The maximum Gasteiger partial charge on any atom is 0.282 e. The van der Waals surface area contributed by atoms with Gasteiger partial charge >= 0.3 is 0 Å². The summed E-state index contributed by atoms with van der Waals surface area (Å²) in [5.41, 5.74) is 5.89. The number of nitrogens with one attached hydrogen (secondary N) is 2. The fraction of sp³-hybridized carbons (Fsp3) is 0.667. The number of carbonyl (C=O) groups is 1. The first-order valence-corrected chi connectivity index (χ1v) is 11.4. The molecule has 1 amide bonds. The number of alkyl halides is 4. The first kappa shape index (κ1) is 23.7. The summed E-state index contributed by atoms with van der Waals surface area (Å²) >= 11 is 0. The van der Waals surface area contributed by atoms with Crippen molar-refractivity contribution in [1.29, 1.82) is 0 Å². The Bertz CT molecular complexity index is 901. The van der Waals surface area contributed by atoms with Gasteiger partial charge in [0.25, 0.3) is 12.3 Å². The lowest BCUT2D eigenvalue weighted by Gasteiger charge is -2.41. The summed E-state index contributed by atoms with van der Waals surface area (Å²) in [5.74, 6) is -3.56. The summed E-state index contributed by atoms with van der Waals surface area (Å²) in [7, 11) is -4.44. The number of halogens is 4. The molecule has 1 saturated heterocycles. The van der Waals surface area contributed by atoms with E-state index in [1.807, 2.05) is 0 Å². The van der Waals surface area contributed by atoms with Crippen LogP contribution in [0, 0.1) is 5.92 Å². The molecule has 1 aliphatic carbocycles. The molecule has 31 heavy (non-hydrogen) atoms. The van der Waals surface area contributed by atoms with Crippen molar-refractivity contribution in [2.24, 2.45) is 11.7 Å². The lowest BCUT2D eigenvalue weighted by Crippen LogP contribution is -2.56. The second-order valence-corrected chi connectivity index (χ2v) is 9.64. The van der Waals surface area contributed by atoms with E-state index in [1.54, 1.807) is 4.72 Å². The first-order valence-electron chi connectivity index (χ1n) is 9.95. The third-order valence-electron chi connectivity index (χ3n) is 5.46. The predicted octanol–water partition coefficient (Wildman–Crippen LogP) is 1.93. The van der Waals surface area contributed by atoms with E-state index in [1.165, 1.54) is 0 Å². The van der Waals surface area contributed by atoms with Gasteiger partial charge in [0.1, 0.15) is 10.7 Å². The van der Waals surface area contributed by atoms with E-state index >= 15 is 0 Å². The molecule has 1 atom stereocenters. The molecule has 174 valence electrons. The van der Waals surface area contributed by atoms with E-state index in [4.69, 9.17) is 5.73 Å². The van der Waals surface area contributed by atoms with Crippen LogP contribution in [0.3, 0.4) is 0 Å². The van der Waals surface area contributed by atoms with Crippen LogP contribution < -0.4 is 20.7 Å². The Balaban J connectivity index is 1.81. The molecule has 1 saturated carbocycles. The van der Waals surface area contributed by atoms with Crippen LogP contribution in [0.5, 0.6) is 0 Å². The molecule has 0 unspecified atom stereocenters. The fourth-order valence-electron chi connectivity index (χ4n) is 3.80. The van der Waals surface area contributed by atoms with Gasteiger partial charge in [0, 0.05) is 6.07 Å². The van der Waals surface area contributed by atoms with Crippen molar-refractivity contribution in [2.75, 3.05) is 29.9 Å². The van der Waals surface area contributed by atoms with Gasteiger partial charge in [0.2, 0.25) is 15.9 Å². The van der Waals surface area contributed by atoms with Crippen LogP contribution in [0.15, 0.2) is 17.2 Å². The van der Waals surface area contributed by atoms with Gasteiger partial charge < -0.3 is 16.0 Å². The number of hydrogen-bond acceptors (Lipinski definition) is 6. The van der Waals surface area contributed by atoms with Gasteiger partial charge in [-0.1, -0.05) is 19.3 Å². The van der Waals surface area contributed by atoms with Gasteiger partial charge in [-0.25, -0.2) is 35.7 Å². The van der Waals surface area contributed by atoms with Gasteiger partial charge in [-0.15, -0.1) is 0 Å². The number of hydrogen-bond donors (Lipinski definition) is 3. The Morgan fingerprint density at radius 2 is 1.90 bits per heavy atom. The van der Waals surface area contributed by atoms with Crippen LogP contribution in [0.2, 0.25) is 0 Å². The second-order valence-electron chi connectivity index (χ2n) is 7.91. The quantitative estimate of drug-likeness (QED) is 0.503. The number of amides is 1. The number of aromatic nitrogens is 1. The third-order valence-corrected chi connectivity index (χ3v) is 6.90. The Hall–Kier alpha value is -1.99. The van der Waals surface area contributed by atoms with Crippen molar-refractivity contribution in [3.05, 3.63) is 12.3 Å². The molecule has 2 aliphatic rings. The minimum Gasteiger partial charge on any atom is -0.358 e. The van der Waals surface area contributed by atoms with Crippen LogP contribution in [0.1, 0.15) is 32.1 Å². The van der Waals surface area contributed by atoms with Crippen molar-refractivity contribution in [2.45, 2.75) is 55.4 Å². The van der Waals surface area contributed by atoms with Crippen molar-refractivity contribution in [3.8, 4) is 0 Å². The minimum absolute atomic E-state index is 0.0143. The maximum atomic E-state index is 13.4. The molecular formula is C18H25F4N5O3S. The van der Waals surface area contributed by atoms with Crippen molar-refractivity contribution in [3.63, 3.8) is 0 Å². The predicted molar refractivity (Wildman–Crippen MR) is 106 cm³/mol. The van der Waals surface area contributed by atoms with Gasteiger partial charge in [-0.2, -0.15) is 0 Å². The number of sulfonamides is 1. The van der Waals surface area contributed by atoms with Crippen molar-refractivity contribution < 1.29 is 30.8 Å². The monoisotopic (exact) mass is 467 g/mol. The van der Waals surface area contributed by atoms with Gasteiger partial charge in [-0.05, 0) is 18.8 Å². The number of pyridine rings is 1. The highest BCUT2D eigenvalue weighted by Gasteiger charge is 2.45. The largest absolute Gasteiger partial charge is 0.358 e. The van der Waals surface area contributed by atoms with Crippen molar-refractivity contribution in [1.82, 2.24) is 9.71 Å². The molecule has 1 aliphatic heterocycles. The molecule has 2 fully saturated rings. The van der Waals surface area contributed by atoms with E-state index in [2.05, 4.69) is 10.3 Å². The highest BCUT2D eigenvalue weighted by atomic mass is 32.2. The van der Waals surface area contributed by atoms with E-state index in [9.17, 15) is 30.8 Å². The van der Waals surface area contributed by atoms with Crippen LogP contribution >= 0.6 is 0 Å². The number of rotatable bonds is 8. The Labute approximate surface area is 177 Å². The standard InChI is InChI=1S/C18H25F4N5O3S/c19-14(20)8-25-31(29,30)13-7-24-15(6-12(13)27-9-18(21,22)10-27)26-17(28)16(23)11-4-2-1-3-5-11/h6-7,11,14,16,25H,1-5,8-10,23H2,(H,24,26,28)/t16-/m0/s1. The molecule has 0 spiro atoms. The highest BCUT2D eigenvalue weighted by molar-refractivity contribution is 7.89. The zero-order valence-corrected chi connectivity index (χ0v) is 17.5. The Morgan fingerprint density at radius 3 is 2.48 bits per heavy atom. The summed E-state index contributed by atoms with van der Waals surface area (Å²) in [4.78, 5) is 16.9. The van der Waals surface area contributed by atoms with Crippen LogP contribution in [-0.4, -0.2) is 57.3 Å². The number of carbonyl (C=O) groups excluding carboxylic acids is 1. The minimum atomic E-state index is -4.44.